The zero-order valence-corrected chi connectivity index (χ0v) is 34.6. The minimum Gasteiger partial charge on any atom is -0.387 e. The molecule has 306 valence electrons. The number of amides is 1. The number of allylic oxidation sites excluding steroid dienone is 5. The molecule has 0 saturated heterocycles. The lowest BCUT2D eigenvalue weighted by molar-refractivity contribution is -0.130. The average molecular weight is 754 g/mol. The molecule has 0 radical (unpaired) electrons. The van der Waals surface area contributed by atoms with Crippen molar-refractivity contribution < 1.29 is 28.0 Å². The summed E-state index contributed by atoms with van der Waals surface area (Å²) in [5.41, 5.74) is 0. The number of hydrogen-bond donors (Lipinski definition) is 4. The number of carbonyl (C=O) groups is 1. The smallest absolute Gasteiger partial charge is 0.267 e. The standard InChI is InChI=1S/C44H83NO6S/c1-3-5-7-9-11-13-15-17-19-21-22-23-25-27-29-31-33-35-37-39-43(47)44(48)45-41(40-52(49,50)51)42(46)38-36-34-32-30-28-26-24-20-18-16-14-12-10-8-6-4-2/h22-23,28,30,36,38,41-43,46-47H,3-21,24-27,29,31-35,37,39-40H2,1-2H3,(H,45,48)(H,49,50,51)/b23-22-,30-28+,38-36+. The molecule has 0 aliphatic heterocycles. The third-order valence-corrected chi connectivity index (χ3v) is 10.7. The quantitative estimate of drug-likeness (QED) is 0.0281. The molecule has 0 saturated carbocycles. The number of rotatable bonds is 39. The molecule has 4 N–H and O–H groups in total. The summed E-state index contributed by atoms with van der Waals surface area (Å²) in [6.45, 7) is 4.51. The molecule has 0 spiro atoms. The van der Waals surface area contributed by atoms with E-state index in [-0.39, 0.29) is 6.42 Å². The third kappa shape index (κ3) is 36.9. The van der Waals surface area contributed by atoms with Crippen LogP contribution in [0.1, 0.15) is 213 Å². The lowest BCUT2D eigenvalue weighted by atomic mass is 10.0. The number of hydrogen-bond acceptors (Lipinski definition) is 5. The van der Waals surface area contributed by atoms with E-state index in [0.717, 1.165) is 38.5 Å². The van der Waals surface area contributed by atoms with Gasteiger partial charge in [0.15, 0.2) is 0 Å². The molecule has 52 heavy (non-hydrogen) atoms. The van der Waals surface area contributed by atoms with Gasteiger partial charge in [-0.25, -0.2) is 0 Å². The first-order chi connectivity index (χ1) is 25.2. The molecule has 0 aromatic rings. The molecule has 0 aliphatic rings. The second kappa shape index (κ2) is 37.8. The molecule has 0 rings (SSSR count). The normalized spacial score (nSPS) is 14.2. The highest BCUT2D eigenvalue weighted by atomic mass is 32.2. The van der Waals surface area contributed by atoms with Gasteiger partial charge in [-0.15, -0.1) is 0 Å². The molecule has 0 aromatic carbocycles. The topological polar surface area (TPSA) is 124 Å². The molecule has 0 fully saturated rings. The molecule has 0 aromatic heterocycles. The van der Waals surface area contributed by atoms with Crippen molar-refractivity contribution in [2.75, 3.05) is 5.75 Å². The maximum absolute atomic E-state index is 12.6. The Morgan fingerprint density at radius 1 is 0.519 bits per heavy atom. The van der Waals surface area contributed by atoms with Crippen LogP contribution >= 0.6 is 0 Å². The Bertz CT molecular complexity index is 979. The van der Waals surface area contributed by atoms with Crippen molar-refractivity contribution in [3.63, 3.8) is 0 Å². The van der Waals surface area contributed by atoms with Gasteiger partial charge in [-0.2, -0.15) is 8.42 Å². The van der Waals surface area contributed by atoms with E-state index in [1.54, 1.807) is 6.08 Å². The van der Waals surface area contributed by atoms with Crippen molar-refractivity contribution in [2.24, 2.45) is 0 Å². The Morgan fingerprint density at radius 3 is 1.27 bits per heavy atom. The molecular weight excluding hydrogens is 671 g/mol. The maximum atomic E-state index is 12.6. The summed E-state index contributed by atoms with van der Waals surface area (Å²) < 4.78 is 32.5. The molecule has 3 unspecified atom stereocenters. The van der Waals surface area contributed by atoms with Crippen molar-refractivity contribution in [2.45, 2.75) is 231 Å². The largest absolute Gasteiger partial charge is 0.387 e. The summed E-state index contributed by atoms with van der Waals surface area (Å²) in [4.78, 5) is 12.6. The van der Waals surface area contributed by atoms with E-state index in [9.17, 15) is 28.0 Å². The SMILES string of the molecule is CCCCCCCCCCC/C=C\CCCCCCCCC(O)C(=O)NC(CS(=O)(=O)O)C(O)/C=C/CC/C=C/CCCCCCCCCCCC. The number of unbranched alkanes of at least 4 members (excludes halogenated alkanes) is 26. The first kappa shape index (κ1) is 50.5. The Hall–Kier alpha value is -1.48. The van der Waals surface area contributed by atoms with Crippen LogP contribution in [0.2, 0.25) is 0 Å². The van der Waals surface area contributed by atoms with E-state index in [1.165, 1.54) is 147 Å². The zero-order valence-electron chi connectivity index (χ0n) is 33.8. The van der Waals surface area contributed by atoms with Gasteiger partial charge in [-0.1, -0.05) is 192 Å². The number of aliphatic hydroxyl groups is 2. The summed E-state index contributed by atoms with van der Waals surface area (Å²) in [6.07, 6.45) is 46.3. The Labute approximate surface area is 321 Å². The van der Waals surface area contributed by atoms with Gasteiger partial charge in [0.2, 0.25) is 5.91 Å². The maximum Gasteiger partial charge on any atom is 0.267 e. The van der Waals surface area contributed by atoms with Crippen molar-refractivity contribution in [3.05, 3.63) is 36.5 Å². The molecular formula is C44H83NO6S. The zero-order chi connectivity index (χ0) is 38.4. The lowest BCUT2D eigenvalue weighted by Crippen LogP contribution is -2.50. The molecule has 0 heterocycles. The Morgan fingerprint density at radius 2 is 0.865 bits per heavy atom. The van der Waals surface area contributed by atoms with Crippen LogP contribution in [0, 0.1) is 0 Å². The van der Waals surface area contributed by atoms with Gasteiger partial charge in [-0.3, -0.25) is 9.35 Å². The summed E-state index contributed by atoms with van der Waals surface area (Å²) >= 11 is 0. The lowest BCUT2D eigenvalue weighted by Gasteiger charge is -2.22. The van der Waals surface area contributed by atoms with Crippen LogP contribution in [0.25, 0.3) is 0 Å². The van der Waals surface area contributed by atoms with Crippen LogP contribution < -0.4 is 5.32 Å². The van der Waals surface area contributed by atoms with Gasteiger partial charge in [0.05, 0.1) is 17.9 Å². The van der Waals surface area contributed by atoms with Crippen LogP contribution in [-0.2, 0) is 14.9 Å². The summed E-state index contributed by atoms with van der Waals surface area (Å²) in [5.74, 6) is -1.56. The minimum atomic E-state index is -4.45. The number of aliphatic hydroxyl groups excluding tert-OH is 2. The van der Waals surface area contributed by atoms with E-state index in [1.807, 2.05) is 0 Å². The molecule has 7 nitrogen and oxygen atoms in total. The van der Waals surface area contributed by atoms with Crippen LogP contribution in [0.5, 0.6) is 0 Å². The molecule has 3 atom stereocenters. The second-order valence-corrected chi connectivity index (χ2v) is 16.6. The predicted octanol–water partition coefficient (Wildman–Crippen LogP) is 11.9. The van der Waals surface area contributed by atoms with Gasteiger partial charge in [0.1, 0.15) is 6.10 Å². The Balaban J connectivity index is 4.05. The molecule has 0 aliphatic carbocycles. The van der Waals surface area contributed by atoms with E-state index in [4.69, 9.17) is 0 Å². The van der Waals surface area contributed by atoms with Gasteiger partial charge in [0, 0.05) is 0 Å². The van der Waals surface area contributed by atoms with Gasteiger partial charge < -0.3 is 15.5 Å². The molecule has 0 bridgehead atoms. The van der Waals surface area contributed by atoms with Crippen LogP contribution in [-0.4, -0.2) is 53.1 Å². The summed E-state index contributed by atoms with van der Waals surface area (Å²) in [5, 5.41) is 23.4. The van der Waals surface area contributed by atoms with E-state index in [0.29, 0.717) is 12.8 Å². The van der Waals surface area contributed by atoms with Crippen molar-refractivity contribution in [1.82, 2.24) is 5.32 Å². The highest BCUT2D eigenvalue weighted by Gasteiger charge is 2.27. The number of nitrogens with one attached hydrogen (secondary N) is 1. The van der Waals surface area contributed by atoms with Crippen molar-refractivity contribution >= 4 is 16.0 Å². The first-order valence-electron chi connectivity index (χ1n) is 21.8. The van der Waals surface area contributed by atoms with Crippen molar-refractivity contribution in [1.29, 1.82) is 0 Å². The summed E-state index contributed by atoms with van der Waals surface area (Å²) in [6, 6.07) is -1.25. The fraction of sp³-hybridized carbons (Fsp3) is 0.841. The van der Waals surface area contributed by atoms with E-state index < -0.39 is 40.0 Å². The molecule has 1 amide bonds. The van der Waals surface area contributed by atoms with Crippen molar-refractivity contribution in [3.8, 4) is 0 Å². The highest BCUT2D eigenvalue weighted by molar-refractivity contribution is 7.85. The summed E-state index contributed by atoms with van der Waals surface area (Å²) in [7, 11) is -4.45. The van der Waals surface area contributed by atoms with Gasteiger partial charge in [-0.05, 0) is 57.8 Å². The predicted molar refractivity (Wildman–Crippen MR) is 222 cm³/mol. The minimum absolute atomic E-state index is 0.267. The van der Waals surface area contributed by atoms with Gasteiger partial charge in [0.25, 0.3) is 10.1 Å². The second-order valence-electron chi connectivity index (χ2n) is 15.1. The third-order valence-electron chi connectivity index (χ3n) is 9.90. The highest BCUT2D eigenvalue weighted by Crippen LogP contribution is 2.14. The van der Waals surface area contributed by atoms with Crippen LogP contribution in [0.3, 0.4) is 0 Å². The van der Waals surface area contributed by atoms with Gasteiger partial charge >= 0.3 is 0 Å². The van der Waals surface area contributed by atoms with E-state index >= 15 is 0 Å². The first-order valence-corrected chi connectivity index (χ1v) is 23.4. The van der Waals surface area contributed by atoms with Crippen LogP contribution in [0.4, 0.5) is 0 Å². The van der Waals surface area contributed by atoms with Crippen LogP contribution in [0.15, 0.2) is 36.5 Å². The number of carbonyl (C=O) groups excluding carboxylic acids is 1. The molecule has 8 heteroatoms. The van der Waals surface area contributed by atoms with E-state index in [2.05, 4.69) is 43.5 Å². The fourth-order valence-corrected chi connectivity index (χ4v) is 7.26. The monoisotopic (exact) mass is 754 g/mol. The fourth-order valence-electron chi connectivity index (χ4n) is 6.53. The Kier molecular flexibility index (Phi) is 36.7. The average Bonchev–Trinajstić information content (AvgIpc) is 3.11.